The summed E-state index contributed by atoms with van der Waals surface area (Å²) in [4.78, 5) is 0. The molecular weight excluding hydrogens is 60.9 g/mol. The standard InChI is InChI=1S/C3H7N.B/c1-3(2)4;/h1,4H2,2H3;. The molecule has 2 heteroatoms. The van der Waals surface area contributed by atoms with E-state index in [4.69, 9.17) is 5.73 Å². The van der Waals surface area contributed by atoms with Gasteiger partial charge in [0.1, 0.15) is 0 Å². The summed E-state index contributed by atoms with van der Waals surface area (Å²) in [6.45, 7) is 5.08. The third-order valence-corrected chi connectivity index (χ3v) is 0. The molecule has 0 rings (SSSR count). The predicted molar refractivity (Wildman–Crippen MR) is 24.8 cm³/mol. The Balaban J connectivity index is 0. The number of rotatable bonds is 0. The van der Waals surface area contributed by atoms with Gasteiger partial charge in [-0.15, -0.1) is 0 Å². The second-order valence-electron chi connectivity index (χ2n) is 0.846. The molecule has 0 amide bonds. The van der Waals surface area contributed by atoms with Crippen LogP contribution in [0, 0.1) is 0 Å². The van der Waals surface area contributed by atoms with Gasteiger partial charge in [0, 0.05) is 8.41 Å². The maximum absolute atomic E-state index is 4.92. The summed E-state index contributed by atoms with van der Waals surface area (Å²) in [5.41, 5.74) is 5.58. The highest BCUT2D eigenvalue weighted by molar-refractivity contribution is 5.75. The van der Waals surface area contributed by atoms with E-state index in [0.717, 1.165) is 0 Å². The van der Waals surface area contributed by atoms with Gasteiger partial charge < -0.3 is 5.73 Å². The minimum absolute atomic E-state index is 0. The van der Waals surface area contributed by atoms with Crippen molar-refractivity contribution in [2.24, 2.45) is 5.73 Å². The van der Waals surface area contributed by atoms with Gasteiger partial charge in [0.2, 0.25) is 0 Å². The average Bonchev–Trinajstić information content (AvgIpc) is 0.811. The lowest BCUT2D eigenvalue weighted by Gasteiger charge is -1.69. The second-order valence-corrected chi connectivity index (χ2v) is 0.846. The van der Waals surface area contributed by atoms with Gasteiger partial charge >= 0.3 is 0 Å². The van der Waals surface area contributed by atoms with E-state index in [-0.39, 0.29) is 8.41 Å². The number of nitrogens with two attached hydrogens (primary N) is 1. The summed E-state index contributed by atoms with van der Waals surface area (Å²) in [6, 6.07) is 0. The van der Waals surface area contributed by atoms with E-state index in [2.05, 4.69) is 6.58 Å². The molecule has 0 aliphatic rings. The summed E-state index contributed by atoms with van der Waals surface area (Å²) in [6.07, 6.45) is 0. The number of hydrogen-bond acceptors (Lipinski definition) is 1. The van der Waals surface area contributed by atoms with E-state index in [9.17, 15) is 0 Å². The van der Waals surface area contributed by atoms with Crippen LogP contribution in [0.4, 0.5) is 0 Å². The molecule has 0 aromatic heterocycles. The molecule has 0 fully saturated rings. The number of allylic oxidation sites excluding steroid dienone is 1. The first kappa shape index (κ1) is 8.82. The van der Waals surface area contributed by atoms with Crippen molar-refractivity contribution < 1.29 is 0 Å². The maximum atomic E-state index is 4.92. The average molecular weight is 67.9 g/mol. The van der Waals surface area contributed by atoms with Crippen LogP contribution in [-0.2, 0) is 0 Å². The molecule has 0 aliphatic heterocycles. The van der Waals surface area contributed by atoms with Crippen molar-refractivity contribution in [3.05, 3.63) is 12.3 Å². The Labute approximate surface area is 34.4 Å². The molecular formula is C3H7BN. The molecule has 0 aromatic rings. The van der Waals surface area contributed by atoms with Gasteiger partial charge in [0.05, 0.1) is 0 Å². The first-order valence-electron chi connectivity index (χ1n) is 1.14. The highest BCUT2D eigenvalue weighted by Gasteiger charge is 1.50. The SMILES string of the molecule is C=C(C)N.[B]. The Morgan fingerprint density at radius 1 is 1.80 bits per heavy atom. The van der Waals surface area contributed by atoms with E-state index in [1.165, 1.54) is 0 Å². The van der Waals surface area contributed by atoms with Crippen molar-refractivity contribution in [2.75, 3.05) is 0 Å². The van der Waals surface area contributed by atoms with Crippen molar-refractivity contribution in [1.82, 2.24) is 0 Å². The second kappa shape index (κ2) is 3.60. The fourth-order valence-corrected chi connectivity index (χ4v) is 0. The first-order valence-corrected chi connectivity index (χ1v) is 1.14. The monoisotopic (exact) mass is 68.1 g/mol. The van der Waals surface area contributed by atoms with Gasteiger partial charge in [0.25, 0.3) is 0 Å². The van der Waals surface area contributed by atoms with Crippen LogP contribution in [0.3, 0.4) is 0 Å². The van der Waals surface area contributed by atoms with E-state index in [1.54, 1.807) is 6.92 Å². The predicted octanol–water partition coefficient (Wildman–Crippen LogP) is 0.0979. The summed E-state index contributed by atoms with van der Waals surface area (Å²) in [5.74, 6) is 0. The summed E-state index contributed by atoms with van der Waals surface area (Å²) in [7, 11) is 0. The highest BCUT2D eigenvalue weighted by atomic mass is 14.5. The summed E-state index contributed by atoms with van der Waals surface area (Å²) >= 11 is 0. The Hall–Kier alpha value is -0.395. The molecule has 0 saturated carbocycles. The molecule has 0 spiro atoms. The van der Waals surface area contributed by atoms with Gasteiger partial charge in [0.15, 0.2) is 0 Å². The van der Waals surface area contributed by atoms with Crippen LogP contribution in [-0.4, -0.2) is 8.41 Å². The zero-order valence-corrected chi connectivity index (χ0v) is 3.36. The van der Waals surface area contributed by atoms with E-state index in [0.29, 0.717) is 5.70 Å². The number of hydrogen-bond donors (Lipinski definition) is 1. The van der Waals surface area contributed by atoms with Crippen LogP contribution < -0.4 is 5.73 Å². The van der Waals surface area contributed by atoms with Gasteiger partial charge in [-0.25, -0.2) is 0 Å². The van der Waals surface area contributed by atoms with Crippen LogP contribution in [0.25, 0.3) is 0 Å². The lowest BCUT2D eigenvalue weighted by Crippen LogP contribution is -1.83. The third kappa shape index (κ3) is 59.5. The lowest BCUT2D eigenvalue weighted by molar-refractivity contribution is 1.34. The van der Waals surface area contributed by atoms with Crippen molar-refractivity contribution in [2.45, 2.75) is 6.92 Å². The Morgan fingerprint density at radius 3 is 1.80 bits per heavy atom. The van der Waals surface area contributed by atoms with Crippen molar-refractivity contribution in [1.29, 1.82) is 0 Å². The molecule has 0 bridgehead atoms. The topological polar surface area (TPSA) is 26.0 Å². The van der Waals surface area contributed by atoms with Crippen molar-refractivity contribution >= 4 is 8.41 Å². The zero-order valence-electron chi connectivity index (χ0n) is 3.36. The fourth-order valence-electron chi connectivity index (χ4n) is 0. The molecule has 0 atom stereocenters. The minimum Gasteiger partial charge on any atom is -0.403 e. The molecule has 0 heterocycles. The molecule has 1 nitrogen and oxygen atoms in total. The van der Waals surface area contributed by atoms with Gasteiger partial charge in [-0.1, -0.05) is 6.58 Å². The molecule has 3 radical (unpaired) electrons. The molecule has 5 heavy (non-hydrogen) atoms. The molecule has 0 saturated heterocycles. The highest BCUT2D eigenvalue weighted by Crippen LogP contribution is 1.58. The largest absolute Gasteiger partial charge is 0.403 e. The fraction of sp³-hybridized carbons (Fsp3) is 0.333. The smallest absolute Gasteiger partial charge is 0 e. The lowest BCUT2D eigenvalue weighted by atomic mass is 10.6. The van der Waals surface area contributed by atoms with Crippen molar-refractivity contribution in [3.63, 3.8) is 0 Å². The van der Waals surface area contributed by atoms with E-state index >= 15 is 0 Å². The molecule has 0 aliphatic carbocycles. The third-order valence-electron chi connectivity index (χ3n) is 0. The van der Waals surface area contributed by atoms with Gasteiger partial charge in [-0.2, -0.15) is 0 Å². The van der Waals surface area contributed by atoms with Crippen LogP contribution in [0.15, 0.2) is 12.3 Å². The molecule has 0 aromatic carbocycles. The maximum Gasteiger partial charge on any atom is 0 e. The first-order chi connectivity index (χ1) is 1.73. The quantitative estimate of drug-likeness (QED) is 0.400. The zero-order chi connectivity index (χ0) is 3.58. The normalized spacial score (nSPS) is 5.00. The van der Waals surface area contributed by atoms with Gasteiger partial charge in [-0.3, -0.25) is 0 Å². The van der Waals surface area contributed by atoms with Crippen LogP contribution in [0.1, 0.15) is 6.92 Å². The Kier molecular flexibility index (Phi) is 6.36. The summed E-state index contributed by atoms with van der Waals surface area (Å²) in [5, 5.41) is 0. The summed E-state index contributed by atoms with van der Waals surface area (Å²) < 4.78 is 0. The van der Waals surface area contributed by atoms with Crippen LogP contribution >= 0.6 is 0 Å². The van der Waals surface area contributed by atoms with Crippen LogP contribution in [0.2, 0.25) is 0 Å². The minimum atomic E-state index is 0. The molecule has 27 valence electrons. The van der Waals surface area contributed by atoms with Crippen molar-refractivity contribution in [3.8, 4) is 0 Å². The van der Waals surface area contributed by atoms with E-state index in [1.807, 2.05) is 0 Å². The molecule has 2 N–H and O–H groups in total. The Morgan fingerprint density at radius 2 is 1.80 bits per heavy atom. The van der Waals surface area contributed by atoms with E-state index < -0.39 is 0 Å². The van der Waals surface area contributed by atoms with Gasteiger partial charge in [-0.05, 0) is 12.6 Å². The Bertz CT molecular complexity index is 29.9. The molecule has 0 unspecified atom stereocenters. The van der Waals surface area contributed by atoms with Crippen LogP contribution in [0.5, 0.6) is 0 Å².